The van der Waals surface area contributed by atoms with E-state index in [0.717, 1.165) is 31.9 Å². The number of aryl methyl sites for hydroxylation is 1. The fourth-order valence-corrected chi connectivity index (χ4v) is 3.13. The molecule has 0 nitrogen and oxygen atoms in total. The third-order valence-corrected chi connectivity index (χ3v) is 4.86. The highest BCUT2D eigenvalue weighted by Gasteiger charge is 2.08. The molecular weight excluding hydrogens is 448 g/mol. The zero-order valence-corrected chi connectivity index (χ0v) is 16.0. The van der Waals surface area contributed by atoms with Gasteiger partial charge in [-0.05, 0) is 82.0 Å². The monoisotopic (exact) mass is 464 g/mol. The van der Waals surface area contributed by atoms with Gasteiger partial charge in [0.25, 0.3) is 6.08 Å². The number of halogens is 4. The fourth-order valence-electron chi connectivity index (χ4n) is 2.77. The molecule has 0 N–H and O–H groups in total. The lowest BCUT2D eigenvalue weighted by Gasteiger charge is -2.08. The van der Waals surface area contributed by atoms with E-state index in [0.29, 0.717) is 18.4 Å². The summed E-state index contributed by atoms with van der Waals surface area (Å²) in [7, 11) is 0. The van der Waals surface area contributed by atoms with E-state index in [2.05, 4.69) is 22.6 Å². The molecule has 0 aliphatic carbocycles. The average molecular weight is 464 g/mol. The van der Waals surface area contributed by atoms with Gasteiger partial charge in [-0.3, -0.25) is 0 Å². The molecule has 0 radical (unpaired) electrons. The zero-order chi connectivity index (χ0) is 18.5. The SMILES string of the molecule is FC(F)=CCCc1ccc(-c2ccc(-c3ccc(I)cc3)cc2F)cc1. The highest BCUT2D eigenvalue weighted by atomic mass is 127. The summed E-state index contributed by atoms with van der Waals surface area (Å²) in [5.41, 5.74) is 4.05. The minimum atomic E-state index is -1.66. The van der Waals surface area contributed by atoms with Crippen LogP contribution in [0.5, 0.6) is 0 Å². The summed E-state index contributed by atoms with van der Waals surface area (Å²) in [5.74, 6) is -0.281. The third-order valence-electron chi connectivity index (χ3n) is 4.14. The average Bonchev–Trinajstić information content (AvgIpc) is 2.63. The quantitative estimate of drug-likeness (QED) is 0.344. The van der Waals surface area contributed by atoms with Crippen molar-refractivity contribution in [3.8, 4) is 22.3 Å². The maximum atomic E-state index is 14.6. The predicted octanol–water partition coefficient (Wildman–Crippen LogP) is 7.48. The van der Waals surface area contributed by atoms with Crippen LogP contribution in [0.3, 0.4) is 0 Å². The van der Waals surface area contributed by atoms with Crippen molar-refractivity contribution in [2.45, 2.75) is 12.8 Å². The Morgan fingerprint density at radius 3 is 2.04 bits per heavy atom. The van der Waals surface area contributed by atoms with Crippen LogP contribution >= 0.6 is 22.6 Å². The van der Waals surface area contributed by atoms with Crippen LogP contribution in [0.4, 0.5) is 13.2 Å². The molecule has 0 heterocycles. The number of hydrogen-bond acceptors (Lipinski definition) is 0. The molecule has 0 aliphatic rings. The van der Waals surface area contributed by atoms with Gasteiger partial charge in [-0.15, -0.1) is 0 Å². The molecule has 0 aliphatic heterocycles. The maximum Gasteiger partial charge on any atom is 0.266 e. The Labute approximate surface area is 164 Å². The van der Waals surface area contributed by atoms with Crippen LogP contribution < -0.4 is 0 Å². The van der Waals surface area contributed by atoms with Gasteiger partial charge in [-0.2, -0.15) is 8.78 Å². The van der Waals surface area contributed by atoms with Crippen LogP contribution in [0.25, 0.3) is 22.3 Å². The van der Waals surface area contributed by atoms with Crippen molar-refractivity contribution in [2.24, 2.45) is 0 Å². The van der Waals surface area contributed by atoms with Gasteiger partial charge in [-0.1, -0.05) is 48.5 Å². The molecule has 3 rings (SSSR count). The van der Waals surface area contributed by atoms with E-state index in [1.54, 1.807) is 12.1 Å². The van der Waals surface area contributed by atoms with E-state index in [-0.39, 0.29) is 5.82 Å². The van der Waals surface area contributed by atoms with E-state index in [9.17, 15) is 13.2 Å². The third kappa shape index (κ3) is 4.75. The van der Waals surface area contributed by atoms with Crippen molar-refractivity contribution in [3.63, 3.8) is 0 Å². The Kier molecular flexibility index (Phi) is 6.14. The Bertz CT molecular complexity index is 909. The lowest BCUT2D eigenvalue weighted by Crippen LogP contribution is -1.88. The van der Waals surface area contributed by atoms with Gasteiger partial charge in [0.05, 0.1) is 0 Å². The molecule has 0 fully saturated rings. The van der Waals surface area contributed by atoms with Crippen molar-refractivity contribution in [3.05, 3.63) is 93.8 Å². The van der Waals surface area contributed by atoms with Crippen LogP contribution in [0.2, 0.25) is 0 Å². The van der Waals surface area contributed by atoms with Crippen LogP contribution in [-0.2, 0) is 6.42 Å². The van der Waals surface area contributed by atoms with Gasteiger partial charge in [0.1, 0.15) is 5.82 Å². The number of benzene rings is 3. The lowest BCUT2D eigenvalue weighted by atomic mass is 9.98. The van der Waals surface area contributed by atoms with E-state index in [1.165, 1.54) is 0 Å². The molecule has 0 bridgehead atoms. The maximum absolute atomic E-state index is 14.6. The highest BCUT2D eigenvalue weighted by molar-refractivity contribution is 14.1. The van der Waals surface area contributed by atoms with E-state index in [4.69, 9.17) is 0 Å². The molecular formula is C22H16F3I. The molecule has 4 heteroatoms. The molecule has 0 saturated heterocycles. The minimum absolute atomic E-state index is 0.281. The van der Waals surface area contributed by atoms with Crippen molar-refractivity contribution >= 4 is 22.6 Å². The smallest absolute Gasteiger partial charge is 0.206 e. The Morgan fingerprint density at radius 1 is 0.808 bits per heavy atom. The second kappa shape index (κ2) is 8.54. The summed E-state index contributed by atoms with van der Waals surface area (Å²) >= 11 is 2.24. The van der Waals surface area contributed by atoms with Gasteiger partial charge in [0.2, 0.25) is 0 Å². The molecule has 0 aromatic heterocycles. The van der Waals surface area contributed by atoms with Crippen LogP contribution in [-0.4, -0.2) is 0 Å². The van der Waals surface area contributed by atoms with Crippen molar-refractivity contribution < 1.29 is 13.2 Å². The predicted molar refractivity (Wildman–Crippen MR) is 109 cm³/mol. The molecule has 132 valence electrons. The highest BCUT2D eigenvalue weighted by Crippen LogP contribution is 2.28. The first-order valence-corrected chi connectivity index (χ1v) is 9.27. The molecule has 0 atom stereocenters. The number of rotatable bonds is 5. The van der Waals surface area contributed by atoms with Crippen LogP contribution in [0.1, 0.15) is 12.0 Å². The van der Waals surface area contributed by atoms with Crippen molar-refractivity contribution in [1.29, 1.82) is 0 Å². The number of allylic oxidation sites excluding steroid dienone is 1. The zero-order valence-electron chi connectivity index (χ0n) is 13.9. The molecule has 0 saturated carbocycles. The largest absolute Gasteiger partial charge is 0.266 e. The minimum Gasteiger partial charge on any atom is -0.206 e. The molecule has 0 unspecified atom stereocenters. The van der Waals surface area contributed by atoms with Gasteiger partial charge >= 0.3 is 0 Å². The molecule has 0 spiro atoms. The molecule has 0 amide bonds. The van der Waals surface area contributed by atoms with Gasteiger partial charge in [-0.25, -0.2) is 4.39 Å². The topological polar surface area (TPSA) is 0 Å². The summed E-state index contributed by atoms with van der Waals surface area (Å²) in [6.07, 6.45) is 0.0839. The molecule has 26 heavy (non-hydrogen) atoms. The summed E-state index contributed by atoms with van der Waals surface area (Å²) in [5, 5.41) is 0. The normalized spacial score (nSPS) is 10.6. The van der Waals surface area contributed by atoms with Crippen LogP contribution in [0.15, 0.2) is 78.9 Å². The second-order valence-corrected chi connectivity index (χ2v) is 7.18. The fraction of sp³-hybridized carbons (Fsp3) is 0.0909. The Hall–Kier alpha value is -2.08. The summed E-state index contributed by atoms with van der Waals surface area (Å²) in [4.78, 5) is 0. The lowest BCUT2D eigenvalue weighted by molar-refractivity contribution is 0.417. The molecule has 3 aromatic carbocycles. The van der Waals surface area contributed by atoms with Gasteiger partial charge in [0.15, 0.2) is 0 Å². The summed E-state index contributed by atoms with van der Waals surface area (Å²) in [6, 6.07) is 20.5. The van der Waals surface area contributed by atoms with E-state index in [1.807, 2.05) is 54.6 Å². The Morgan fingerprint density at radius 2 is 1.42 bits per heavy atom. The van der Waals surface area contributed by atoms with Crippen molar-refractivity contribution in [1.82, 2.24) is 0 Å². The Balaban J connectivity index is 1.79. The van der Waals surface area contributed by atoms with Gasteiger partial charge in [0, 0.05) is 9.13 Å². The van der Waals surface area contributed by atoms with Crippen molar-refractivity contribution in [2.75, 3.05) is 0 Å². The standard InChI is InChI=1S/C22H16F3I/c23-21-14-18(16-8-11-19(26)12-9-16)10-13-20(21)17-6-4-15(5-7-17)2-1-3-22(24)25/h3-14H,1-2H2. The first-order chi connectivity index (χ1) is 12.5. The second-order valence-electron chi connectivity index (χ2n) is 5.93. The van der Waals surface area contributed by atoms with Gasteiger partial charge < -0.3 is 0 Å². The number of hydrogen-bond donors (Lipinski definition) is 0. The van der Waals surface area contributed by atoms with Crippen LogP contribution in [0, 0.1) is 9.39 Å². The first-order valence-electron chi connectivity index (χ1n) is 8.19. The van der Waals surface area contributed by atoms with E-state index < -0.39 is 6.08 Å². The summed E-state index contributed by atoms with van der Waals surface area (Å²) in [6.45, 7) is 0. The van der Waals surface area contributed by atoms with E-state index >= 15 is 0 Å². The summed E-state index contributed by atoms with van der Waals surface area (Å²) < 4.78 is 39.9. The molecule has 3 aromatic rings. The first kappa shape index (κ1) is 18.7.